The number of carbonyl (C=O) groups is 1. The number of carbonyl (C=O) groups excluding carboxylic acids is 1. The highest BCUT2D eigenvalue weighted by atomic mass is 16.5. The number of fused-ring (bicyclic) bond motifs is 1. The second-order valence-corrected chi connectivity index (χ2v) is 7.53. The second-order valence-electron chi connectivity index (χ2n) is 7.53. The first-order valence-electron chi connectivity index (χ1n) is 10.5. The Labute approximate surface area is 175 Å². The fraction of sp³-hybridized carbons (Fsp3) is 0.391. The quantitative estimate of drug-likeness (QED) is 0.619. The molecule has 1 fully saturated rings. The summed E-state index contributed by atoms with van der Waals surface area (Å²) >= 11 is 0. The molecule has 1 N–H and O–H groups in total. The van der Waals surface area contributed by atoms with E-state index in [2.05, 4.69) is 5.32 Å². The van der Waals surface area contributed by atoms with Crippen LogP contribution in [-0.2, 0) is 22.6 Å². The van der Waals surface area contributed by atoms with Crippen molar-refractivity contribution in [1.82, 2.24) is 9.13 Å². The Morgan fingerprint density at radius 1 is 1.17 bits per heavy atom. The van der Waals surface area contributed by atoms with Crippen LogP contribution in [0.2, 0.25) is 0 Å². The molecule has 2 aromatic carbocycles. The Bertz CT molecular complexity index is 1080. The third kappa shape index (κ3) is 4.41. The van der Waals surface area contributed by atoms with E-state index in [0.29, 0.717) is 24.6 Å². The number of ether oxygens (including phenoxy) is 2. The predicted molar refractivity (Wildman–Crippen MR) is 116 cm³/mol. The van der Waals surface area contributed by atoms with Crippen LogP contribution in [0.3, 0.4) is 0 Å². The standard InChI is InChI=1S/C23H27N3O4/c1-2-12-25-20-10-3-4-11-21(20)26(23(25)28)15-22(27)24-17-7-5-8-18(14-17)30-16-19-9-6-13-29-19/h3-5,7-8,10-11,14,19H,2,6,9,12-13,15-16H2,1H3,(H,24,27). The number of aromatic nitrogens is 2. The maximum absolute atomic E-state index is 12.8. The van der Waals surface area contributed by atoms with Crippen molar-refractivity contribution in [3.8, 4) is 5.75 Å². The molecule has 0 saturated carbocycles. The van der Waals surface area contributed by atoms with Gasteiger partial charge in [0.25, 0.3) is 0 Å². The van der Waals surface area contributed by atoms with Crippen molar-refractivity contribution in [2.24, 2.45) is 0 Å². The highest BCUT2D eigenvalue weighted by Gasteiger charge is 2.17. The van der Waals surface area contributed by atoms with Gasteiger partial charge in [-0.15, -0.1) is 0 Å². The number of rotatable bonds is 8. The molecule has 7 heteroatoms. The lowest BCUT2D eigenvalue weighted by atomic mass is 10.2. The average molecular weight is 409 g/mol. The number of aryl methyl sites for hydroxylation is 1. The molecule has 3 aromatic rings. The number of para-hydroxylation sites is 2. The second kappa shape index (κ2) is 9.17. The summed E-state index contributed by atoms with van der Waals surface area (Å²) in [5.74, 6) is 0.424. The van der Waals surface area contributed by atoms with E-state index in [1.807, 2.05) is 43.3 Å². The molecule has 0 bridgehead atoms. The van der Waals surface area contributed by atoms with Crippen molar-refractivity contribution >= 4 is 22.6 Å². The SMILES string of the molecule is CCCn1c(=O)n(CC(=O)Nc2cccc(OCC3CCCO3)c2)c2ccccc21. The van der Waals surface area contributed by atoms with Crippen LogP contribution in [0.15, 0.2) is 53.3 Å². The summed E-state index contributed by atoms with van der Waals surface area (Å²) in [5.41, 5.74) is 2.08. The molecule has 1 aliphatic rings. The molecular formula is C23H27N3O4. The number of anilines is 1. The summed E-state index contributed by atoms with van der Waals surface area (Å²) in [5, 5.41) is 2.87. The lowest BCUT2D eigenvalue weighted by molar-refractivity contribution is -0.116. The van der Waals surface area contributed by atoms with Gasteiger partial charge < -0.3 is 14.8 Å². The van der Waals surface area contributed by atoms with Crippen molar-refractivity contribution < 1.29 is 14.3 Å². The van der Waals surface area contributed by atoms with Crippen LogP contribution < -0.4 is 15.7 Å². The van der Waals surface area contributed by atoms with Crippen LogP contribution in [0, 0.1) is 0 Å². The molecule has 1 aromatic heterocycles. The third-order valence-electron chi connectivity index (χ3n) is 5.25. The zero-order chi connectivity index (χ0) is 20.9. The van der Waals surface area contributed by atoms with E-state index in [-0.39, 0.29) is 24.2 Å². The van der Waals surface area contributed by atoms with Crippen molar-refractivity contribution in [2.75, 3.05) is 18.5 Å². The van der Waals surface area contributed by atoms with E-state index in [0.717, 1.165) is 36.9 Å². The minimum atomic E-state index is -0.257. The fourth-order valence-electron chi connectivity index (χ4n) is 3.84. The summed E-state index contributed by atoms with van der Waals surface area (Å²) in [7, 11) is 0. The van der Waals surface area contributed by atoms with Crippen LogP contribution in [0.4, 0.5) is 5.69 Å². The van der Waals surface area contributed by atoms with Crippen LogP contribution in [0.5, 0.6) is 5.75 Å². The Kier molecular flexibility index (Phi) is 6.18. The van der Waals surface area contributed by atoms with Gasteiger partial charge in [0, 0.05) is 24.9 Å². The van der Waals surface area contributed by atoms with Gasteiger partial charge in [-0.1, -0.05) is 25.1 Å². The van der Waals surface area contributed by atoms with Crippen molar-refractivity contribution in [3.63, 3.8) is 0 Å². The van der Waals surface area contributed by atoms with Crippen LogP contribution in [0.25, 0.3) is 11.0 Å². The van der Waals surface area contributed by atoms with E-state index in [4.69, 9.17) is 9.47 Å². The molecule has 30 heavy (non-hydrogen) atoms. The zero-order valence-corrected chi connectivity index (χ0v) is 17.2. The highest BCUT2D eigenvalue weighted by Crippen LogP contribution is 2.20. The maximum Gasteiger partial charge on any atom is 0.329 e. The molecule has 4 rings (SSSR count). The molecular weight excluding hydrogens is 382 g/mol. The lowest BCUT2D eigenvalue weighted by Crippen LogP contribution is -2.29. The predicted octanol–water partition coefficient (Wildman–Crippen LogP) is 3.41. The maximum atomic E-state index is 12.8. The average Bonchev–Trinajstić information content (AvgIpc) is 3.36. The van der Waals surface area contributed by atoms with Crippen LogP contribution >= 0.6 is 0 Å². The van der Waals surface area contributed by atoms with Gasteiger partial charge in [0.2, 0.25) is 5.91 Å². The number of nitrogens with zero attached hydrogens (tertiary/aromatic N) is 2. The first-order valence-corrected chi connectivity index (χ1v) is 10.5. The monoisotopic (exact) mass is 409 g/mol. The summed E-state index contributed by atoms with van der Waals surface area (Å²) in [6, 6.07) is 14.8. The Morgan fingerprint density at radius 3 is 2.70 bits per heavy atom. The Hall–Kier alpha value is -3.06. The molecule has 0 aliphatic carbocycles. The molecule has 0 spiro atoms. The minimum Gasteiger partial charge on any atom is -0.491 e. The number of benzene rings is 2. The molecule has 1 unspecified atom stereocenters. The fourth-order valence-corrected chi connectivity index (χ4v) is 3.84. The normalized spacial score (nSPS) is 16.1. The Morgan fingerprint density at radius 2 is 1.97 bits per heavy atom. The van der Waals surface area contributed by atoms with E-state index >= 15 is 0 Å². The Balaban J connectivity index is 1.46. The molecule has 1 atom stereocenters. The summed E-state index contributed by atoms with van der Waals surface area (Å²) < 4.78 is 14.6. The highest BCUT2D eigenvalue weighted by molar-refractivity contribution is 5.91. The van der Waals surface area contributed by atoms with Crippen molar-refractivity contribution in [2.45, 2.75) is 45.4 Å². The number of hydrogen-bond acceptors (Lipinski definition) is 4. The van der Waals surface area contributed by atoms with E-state index < -0.39 is 0 Å². The van der Waals surface area contributed by atoms with Crippen LogP contribution in [0.1, 0.15) is 26.2 Å². The van der Waals surface area contributed by atoms with E-state index in [9.17, 15) is 9.59 Å². The van der Waals surface area contributed by atoms with Crippen molar-refractivity contribution in [1.29, 1.82) is 0 Å². The van der Waals surface area contributed by atoms with Gasteiger partial charge in [0.1, 0.15) is 18.9 Å². The van der Waals surface area contributed by atoms with Crippen molar-refractivity contribution in [3.05, 3.63) is 59.0 Å². The van der Waals surface area contributed by atoms with Gasteiger partial charge in [0.05, 0.1) is 17.1 Å². The molecule has 0 radical (unpaired) electrons. The van der Waals surface area contributed by atoms with Gasteiger partial charge in [0.15, 0.2) is 0 Å². The zero-order valence-electron chi connectivity index (χ0n) is 17.2. The van der Waals surface area contributed by atoms with Gasteiger partial charge in [-0.3, -0.25) is 13.9 Å². The summed E-state index contributed by atoms with van der Waals surface area (Å²) in [6.07, 6.45) is 3.06. The first kappa shape index (κ1) is 20.2. The van der Waals surface area contributed by atoms with E-state index in [1.165, 1.54) is 4.57 Å². The van der Waals surface area contributed by atoms with Gasteiger partial charge >= 0.3 is 5.69 Å². The number of nitrogens with one attached hydrogen (secondary N) is 1. The molecule has 158 valence electrons. The van der Waals surface area contributed by atoms with Gasteiger partial charge in [-0.2, -0.15) is 0 Å². The summed E-state index contributed by atoms with van der Waals surface area (Å²) in [4.78, 5) is 25.5. The molecule has 1 amide bonds. The van der Waals surface area contributed by atoms with Crippen LogP contribution in [-0.4, -0.2) is 34.4 Å². The molecule has 1 aliphatic heterocycles. The summed E-state index contributed by atoms with van der Waals surface area (Å²) in [6.45, 7) is 3.90. The minimum absolute atomic E-state index is 0.0446. The van der Waals surface area contributed by atoms with Gasteiger partial charge in [-0.25, -0.2) is 4.79 Å². The third-order valence-corrected chi connectivity index (χ3v) is 5.25. The topological polar surface area (TPSA) is 74.5 Å². The van der Waals surface area contributed by atoms with Gasteiger partial charge in [-0.05, 0) is 43.5 Å². The smallest absolute Gasteiger partial charge is 0.329 e. The lowest BCUT2D eigenvalue weighted by Gasteiger charge is -2.12. The number of hydrogen-bond donors (Lipinski definition) is 1. The first-order chi connectivity index (χ1) is 14.7. The number of imidazole rings is 1. The number of amides is 1. The molecule has 1 saturated heterocycles. The molecule has 7 nitrogen and oxygen atoms in total. The largest absolute Gasteiger partial charge is 0.491 e. The molecule has 2 heterocycles. The van der Waals surface area contributed by atoms with E-state index in [1.54, 1.807) is 16.7 Å².